The van der Waals surface area contributed by atoms with Crippen molar-refractivity contribution in [3.05, 3.63) is 16.1 Å². The molecule has 1 heterocycles. The van der Waals surface area contributed by atoms with Crippen LogP contribution in [0.25, 0.3) is 0 Å². The average Bonchev–Trinajstić information content (AvgIpc) is 2.73. The van der Waals surface area contributed by atoms with Crippen LogP contribution in [0.2, 0.25) is 0 Å². The van der Waals surface area contributed by atoms with Crippen molar-refractivity contribution in [2.45, 2.75) is 32.4 Å². The van der Waals surface area contributed by atoms with Crippen LogP contribution in [0.3, 0.4) is 0 Å². The van der Waals surface area contributed by atoms with E-state index in [0.717, 1.165) is 29.9 Å². The molecule has 86 valence electrons. The molecule has 1 aromatic rings. The van der Waals surface area contributed by atoms with Crippen LogP contribution in [-0.2, 0) is 6.54 Å². The average molecular weight is 238 g/mol. The monoisotopic (exact) mass is 238 g/mol. The smallest absolute Gasteiger partial charge is 0.365 e. The number of hydrogen-bond donors (Lipinski definition) is 2. The van der Waals surface area contributed by atoms with Crippen LogP contribution in [0, 0.1) is 12.3 Å². The Kier molecular flexibility index (Phi) is 4.96. The van der Waals surface area contributed by atoms with E-state index in [0.29, 0.717) is 6.54 Å². The maximum Gasteiger partial charge on any atom is 0.365 e. The van der Waals surface area contributed by atoms with Gasteiger partial charge in [0.15, 0.2) is 0 Å². The SMILES string of the molecule is C#CC(CCC)NCc1csc(C(=O)O)n1. The van der Waals surface area contributed by atoms with E-state index >= 15 is 0 Å². The third-order valence-electron chi connectivity index (χ3n) is 2.04. The fourth-order valence-electron chi connectivity index (χ4n) is 1.25. The first kappa shape index (κ1) is 12.7. The number of aromatic nitrogens is 1. The van der Waals surface area contributed by atoms with Crippen molar-refractivity contribution < 1.29 is 9.90 Å². The van der Waals surface area contributed by atoms with E-state index in [-0.39, 0.29) is 11.0 Å². The van der Waals surface area contributed by atoms with Gasteiger partial charge in [0.25, 0.3) is 0 Å². The lowest BCUT2D eigenvalue weighted by molar-refractivity contribution is 0.0696. The topological polar surface area (TPSA) is 62.2 Å². The molecule has 0 aliphatic carbocycles. The highest BCUT2D eigenvalue weighted by molar-refractivity contribution is 7.11. The molecule has 0 aromatic carbocycles. The molecule has 1 atom stereocenters. The van der Waals surface area contributed by atoms with Gasteiger partial charge < -0.3 is 5.11 Å². The summed E-state index contributed by atoms with van der Waals surface area (Å²) < 4.78 is 0. The Morgan fingerprint density at radius 3 is 3.06 bits per heavy atom. The summed E-state index contributed by atoms with van der Waals surface area (Å²) in [6.07, 6.45) is 7.27. The minimum Gasteiger partial charge on any atom is -0.476 e. The normalized spacial score (nSPS) is 12.0. The van der Waals surface area contributed by atoms with Crippen LogP contribution < -0.4 is 5.32 Å². The van der Waals surface area contributed by atoms with Gasteiger partial charge in [0.2, 0.25) is 5.01 Å². The van der Waals surface area contributed by atoms with Crippen LogP contribution in [0.1, 0.15) is 35.3 Å². The minimum atomic E-state index is -0.988. The number of carbonyl (C=O) groups is 1. The van der Waals surface area contributed by atoms with Crippen LogP contribution in [0.15, 0.2) is 5.38 Å². The van der Waals surface area contributed by atoms with Crippen LogP contribution in [0.5, 0.6) is 0 Å². The van der Waals surface area contributed by atoms with Gasteiger partial charge in [-0.2, -0.15) is 0 Å². The number of nitrogens with zero attached hydrogens (tertiary/aromatic N) is 1. The lowest BCUT2D eigenvalue weighted by atomic mass is 10.2. The van der Waals surface area contributed by atoms with Gasteiger partial charge in [-0.1, -0.05) is 19.3 Å². The van der Waals surface area contributed by atoms with Gasteiger partial charge in [-0.05, 0) is 6.42 Å². The summed E-state index contributed by atoms with van der Waals surface area (Å²) in [7, 11) is 0. The molecule has 0 saturated carbocycles. The van der Waals surface area contributed by atoms with Gasteiger partial charge in [0.05, 0.1) is 11.7 Å². The van der Waals surface area contributed by atoms with Gasteiger partial charge in [0, 0.05) is 11.9 Å². The number of hydrogen-bond acceptors (Lipinski definition) is 4. The molecule has 4 nitrogen and oxygen atoms in total. The highest BCUT2D eigenvalue weighted by Crippen LogP contribution is 2.09. The fraction of sp³-hybridized carbons (Fsp3) is 0.455. The largest absolute Gasteiger partial charge is 0.476 e. The summed E-state index contributed by atoms with van der Waals surface area (Å²) in [6, 6.07) is 0.0278. The van der Waals surface area contributed by atoms with E-state index in [9.17, 15) is 4.79 Å². The molecule has 0 bridgehead atoms. The number of thiazole rings is 1. The quantitative estimate of drug-likeness (QED) is 0.741. The molecule has 0 aliphatic rings. The van der Waals surface area contributed by atoms with E-state index in [1.165, 1.54) is 0 Å². The van der Waals surface area contributed by atoms with E-state index in [1.54, 1.807) is 5.38 Å². The second-order valence-electron chi connectivity index (χ2n) is 3.34. The molecule has 0 fully saturated rings. The zero-order valence-electron chi connectivity index (χ0n) is 9.06. The molecule has 16 heavy (non-hydrogen) atoms. The summed E-state index contributed by atoms with van der Waals surface area (Å²) in [5.41, 5.74) is 0.721. The summed E-state index contributed by atoms with van der Waals surface area (Å²) in [4.78, 5) is 14.6. The predicted octanol–water partition coefficient (Wildman–Crippen LogP) is 1.73. The number of rotatable bonds is 6. The van der Waals surface area contributed by atoms with Gasteiger partial charge in [-0.15, -0.1) is 17.8 Å². The maximum absolute atomic E-state index is 10.6. The molecule has 1 unspecified atom stereocenters. The van der Waals surface area contributed by atoms with Crippen LogP contribution >= 0.6 is 11.3 Å². The molecule has 1 rings (SSSR count). The van der Waals surface area contributed by atoms with Crippen molar-refractivity contribution in [3.8, 4) is 12.3 Å². The Morgan fingerprint density at radius 1 is 1.81 bits per heavy atom. The molecule has 0 spiro atoms. The zero-order valence-corrected chi connectivity index (χ0v) is 9.88. The summed E-state index contributed by atoms with van der Waals surface area (Å²) in [6.45, 7) is 2.58. The van der Waals surface area contributed by atoms with Crippen molar-refractivity contribution in [2.75, 3.05) is 0 Å². The van der Waals surface area contributed by atoms with Crippen molar-refractivity contribution in [2.24, 2.45) is 0 Å². The number of carboxylic acids is 1. The van der Waals surface area contributed by atoms with Crippen molar-refractivity contribution in [1.29, 1.82) is 0 Å². The Bertz CT molecular complexity index is 395. The minimum absolute atomic E-state index is 0.0278. The third-order valence-corrected chi connectivity index (χ3v) is 2.92. The number of aromatic carboxylic acids is 1. The number of carboxylic acid groups (broad SMARTS) is 1. The molecule has 5 heteroatoms. The van der Waals surface area contributed by atoms with E-state index in [4.69, 9.17) is 11.5 Å². The second kappa shape index (κ2) is 6.26. The van der Waals surface area contributed by atoms with Gasteiger partial charge in [0.1, 0.15) is 0 Å². The first-order valence-electron chi connectivity index (χ1n) is 5.04. The van der Waals surface area contributed by atoms with Crippen LogP contribution in [0.4, 0.5) is 0 Å². The highest BCUT2D eigenvalue weighted by Gasteiger charge is 2.09. The first-order chi connectivity index (χ1) is 7.67. The molecular formula is C11H14N2O2S. The molecule has 2 N–H and O–H groups in total. The lowest BCUT2D eigenvalue weighted by Crippen LogP contribution is -2.26. The van der Waals surface area contributed by atoms with Crippen molar-refractivity contribution in [3.63, 3.8) is 0 Å². The molecule has 0 amide bonds. The maximum atomic E-state index is 10.6. The molecule has 0 aliphatic heterocycles. The summed E-state index contributed by atoms with van der Waals surface area (Å²) >= 11 is 1.13. The Balaban J connectivity index is 2.48. The van der Waals surface area contributed by atoms with Gasteiger partial charge in [-0.3, -0.25) is 5.32 Å². The third kappa shape index (κ3) is 3.65. The fourth-order valence-corrected chi connectivity index (χ4v) is 1.90. The van der Waals surface area contributed by atoms with E-state index in [1.807, 2.05) is 0 Å². The van der Waals surface area contributed by atoms with Gasteiger partial charge >= 0.3 is 5.97 Å². The Hall–Kier alpha value is -1.38. The van der Waals surface area contributed by atoms with E-state index < -0.39 is 5.97 Å². The number of nitrogens with one attached hydrogen (secondary N) is 1. The van der Waals surface area contributed by atoms with E-state index in [2.05, 4.69) is 23.1 Å². The summed E-state index contributed by atoms with van der Waals surface area (Å²) in [5, 5.41) is 13.7. The Morgan fingerprint density at radius 2 is 2.56 bits per heavy atom. The van der Waals surface area contributed by atoms with Crippen molar-refractivity contribution in [1.82, 2.24) is 10.3 Å². The molecule has 1 aromatic heterocycles. The number of terminal acetylenes is 1. The predicted molar refractivity (Wildman–Crippen MR) is 63.4 cm³/mol. The Labute approximate surface area is 98.7 Å². The molecular weight excluding hydrogens is 224 g/mol. The first-order valence-corrected chi connectivity index (χ1v) is 5.92. The van der Waals surface area contributed by atoms with Crippen molar-refractivity contribution >= 4 is 17.3 Å². The molecule has 0 saturated heterocycles. The second-order valence-corrected chi connectivity index (χ2v) is 4.20. The standard InChI is InChI=1S/C11H14N2O2S/c1-3-5-8(4-2)12-6-9-7-16-10(13-9)11(14)15/h2,7-8,12H,3,5-6H2,1H3,(H,14,15). The molecule has 0 radical (unpaired) electrons. The highest BCUT2D eigenvalue weighted by atomic mass is 32.1. The van der Waals surface area contributed by atoms with Crippen LogP contribution in [-0.4, -0.2) is 22.1 Å². The zero-order chi connectivity index (χ0) is 12.0. The summed E-state index contributed by atoms with van der Waals surface area (Å²) in [5.74, 6) is 1.66. The van der Waals surface area contributed by atoms with Gasteiger partial charge in [-0.25, -0.2) is 9.78 Å². The lowest BCUT2D eigenvalue weighted by Gasteiger charge is -2.09.